The van der Waals surface area contributed by atoms with Crippen LogP contribution in [0.4, 0.5) is 0 Å². The number of aromatic nitrogens is 1. The number of likely N-dealkylation sites (tertiary alicyclic amines) is 1. The fraction of sp³-hybridized carbons (Fsp3) is 0.545. The first kappa shape index (κ1) is 10.2. The first-order chi connectivity index (χ1) is 7.00. The van der Waals surface area contributed by atoms with E-state index in [0.717, 1.165) is 17.0 Å². The third kappa shape index (κ3) is 1.55. The summed E-state index contributed by atoms with van der Waals surface area (Å²) in [6, 6.07) is 2.02. The highest BCUT2D eigenvalue weighted by Gasteiger charge is 2.37. The normalized spacial score (nSPS) is 26.4. The lowest BCUT2D eigenvalue weighted by atomic mass is 10.0. The lowest BCUT2D eigenvalue weighted by molar-refractivity contribution is -0.127. The van der Waals surface area contributed by atoms with E-state index in [-0.39, 0.29) is 18.0 Å². The van der Waals surface area contributed by atoms with Crippen molar-refractivity contribution in [3.8, 4) is 0 Å². The number of H-pyrrole nitrogens is 1. The van der Waals surface area contributed by atoms with E-state index in [0.29, 0.717) is 6.42 Å². The molecule has 1 saturated heterocycles. The maximum atomic E-state index is 11.5. The number of amides is 1. The van der Waals surface area contributed by atoms with Gasteiger partial charge in [0.2, 0.25) is 5.91 Å². The summed E-state index contributed by atoms with van der Waals surface area (Å²) >= 11 is 0. The van der Waals surface area contributed by atoms with Crippen LogP contribution in [0.15, 0.2) is 6.07 Å². The van der Waals surface area contributed by atoms with Gasteiger partial charge < -0.3 is 15.6 Å². The maximum absolute atomic E-state index is 11.5. The maximum Gasteiger partial charge on any atom is 0.224 e. The molecule has 2 unspecified atom stereocenters. The topological polar surface area (TPSA) is 62.1 Å². The van der Waals surface area contributed by atoms with Crippen LogP contribution in [0.3, 0.4) is 0 Å². The largest absolute Gasteiger partial charge is 0.362 e. The summed E-state index contributed by atoms with van der Waals surface area (Å²) in [5.74, 6) is 0.130. The molecule has 2 heterocycles. The number of aryl methyl sites for hydroxylation is 2. The smallest absolute Gasteiger partial charge is 0.224 e. The highest BCUT2D eigenvalue weighted by atomic mass is 16.2. The molecule has 2 rings (SSSR count). The van der Waals surface area contributed by atoms with Gasteiger partial charge in [0.05, 0.1) is 6.04 Å². The SMILES string of the molecule is Cc1cc(C2C(N)CC(=O)N2C)c(C)[nH]1. The fourth-order valence-corrected chi connectivity index (χ4v) is 2.39. The second kappa shape index (κ2) is 3.38. The molecule has 2 atom stereocenters. The summed E-state index contributed by atoms with van der Waals surface area (Å²) in [6.45, 7) is 4.03. The Kier molecular flexibility index (Phi) is 2.31. The van der Waals surface area contributed by atoms with Gasteiger partial charge in [-0.3, -0.25) is 4.79 Å². The van der Waals surface area contributed by atoms with Crippen molar-refractivity contribution in [2.75, 3.05) is 7.05 Å². The zero-order valence-corrected chi connectivity index (χ0v) is 9.37. The molecule has 0 radical (unpaired) electrons. The fourth-order valence-electron chi connectivity index (χ4n) is 2.39. The van der Waals surface area contributed by atoms with Gasteiger partial charge in [0.25, 0.3) is 0 Å². The van der Waals surface area contributed by atoms with E-state index >= 15 is 0 Å². The second-order valence-corrected chi connectivity index (χ2v) is 4.35. The predicted molar refractivity (Wildman–Crippen MR) is 58.4 cm³/mol. The van der Waals surface area contributed by atoms with Crippen LogP contribution in [-0.2, 0) is 4.79 Å². The zero-order chi connectivity index (χ0) is 11.2. The van der Waals surface area contributed by atoms with E-state index in [1.807, 2.05) is 20.9 Å². The Morgan fingerprint density at radius 2 is 2.20 bits per heavy atom. The van der Waals surface area contributed by atoms with Gasteiger partial charge in [-0.05, 0) is 25.5 Å². The van der Waals surface area contributed by atoms with E-state index in [2.05, 4.69) is 11.1 Å². The highest BCUT2D eigenvalue weighted by molar-refractivity contribution is 5.80. The molecule has 4 nitrogen and oxygen atoms in total. The quantitative estimate of drug-likeness (QED) is 0.717. The molecule has 1 aromatic rings. The monoisotopic (exact) mass is 207 g/mol. The molecule has 1 amide bonds. The van der Waals surface area contributed by atoms with Crippen LogP contribution in [0, 0.1) is 13.8 Å². The van der Waals surface area contributed by atoms with E-state index in [4.69, 9.17) is 5.73 Å². The molecular formula is C11H17N3O. The van der Waals surface area contributed by atoms with Crippen molar-refractivity contribution in [2.24, 2.45) is 5.73 Å². The number of hydrogen-bond acceptors (Lipinski definition) is 2. The molecule has 15 heavy (non-hydrogen) atoms. The molecule has 0 saturated carbocycles. The Morgan fingerprint density at radius 1 is 1.53 bits per heavy atom. The molecule has 3 N–H and O–H groups in total. The average Bonchev–Trinajstić information content (AvgIpc) is 2.56. The molecule has 0 aromatic carbocycles. The minimum Gasteiger partial charge on any atom is -0.362 e. The van der Waals surface area contributed by atoms with Crippen LogP contribution >= 0.6 is 0 Å². The second-order valence-electron chi connectivity index (χ2n) is 4.35. The van der Waals surface area contributed by atoms with E-state index in [1.54, 1.807) is 4.90 Å². The number of aromatic amines is 1. The van der Waals surface area contributed by atoms with Crippen molar-refractivity contribution in [2.45, 2.75) is 32.4 Å². The van der Waals surface area contributed by atoms with Gasteiger partial charge in [-0.15, -0.1) is 0 Å². The van der Waals surface area contributed by atoms with Gasteiger partial charge in [-0.25, -0.2) is 0 Å². The Balaban J connectivity index is 2.38. The molecule has 0 bridgehead atoms. The third-order valence-electron chi connectivity index (χ3n) is 3.13. The van der Waals surface area contributed by atoms with Gasteiger partial charge >= 0.3 is 0 Å². The van der Waals surface area contributed by atoms with Crippen molar-refractivity contribution in [1.29, 1.82) is 0 Å². The number of nitrogens with two attached hydrogens (primary N) is 1. The molecule has 1 aliphatic heterocycles. The number of likely N-dealkylation sites (N-methyl/N-ethyl adjacent to an activating group) is 1. The molecule has 82 valence electrons. The summed E-state index contributed by atoms with van der Waals surface area (Å²) in [4.78, 5) is 16.5. The van der Waals surface area contributed by atoms with Crippen molar-refractivity contribution in [1.82, 2.24) is 9.88 Å². The molecule has 1 aliphatic rings. The first-order valence-electron chi connectivity index (χ1n) is 5.18. The molecule has 4 heteroatoms. The van der Waals surface area contributed by atoms with Crippen molar-refractivity contribution in [3.05, 3.63) is 23.0 Å². The standard InChI is InChI=1S/C11H17N3O/c1-6-4-8(7(2)13-6)11-9(12)5-10(15)14(11)3/h4,9,11,13H,5,12H2,1-3H3. The Hall–Kier alpha value is -1.29. The average molecular weight is 207 g/mol. The van der Waals surface area contributed by atoms with Crippen LogP contribution in [0.25, 0.3) is 0 Å². The summed E-state index contributed by atoms with van der Waals surface area (Å²) in [5.41, 5.74) is 9.36. The number of carbonyl (C=O) groups excluding carboxylic acids is 1. The number of nitrogens with one attached hydrogen (secondary N) is 1. The van der Waals surface area contributed by atoms with Crippen molar-refractivity contribution >= 4 is 5.91 Å². The summed E-state index contributed by atoms with van der Waals surface area (Å²) in [5, 5.41) is 0. The summed E-state index contributed by atoms with van der Waals surface area (Å²) in [7, 11) is 1.82. The molecular weight excluding hydrogens is 190 g/mol. The Bertz CT molecular complexity index is 397. The van der Waals surface area contributed by atoms with Crippen LogP contribution < -0.4 is 5.73 Å². The summed E-state index contributed by atoms with van der Waals surface area (Å²) in [6.07, 6.45) is 0.449. The van der Waals surface area contributed by atoms with E-state index in [1.165, 1.54) is 0 Å². The van der Waals surface area contributed by atoms with Gasteiger partial charge in [0, 0.05) is 30.9 Å². The van der Waals surface area contributed by atoms with Gasteiger partial charge in [-0.2, -0.15) is 0 Å². The number of hydrogen-bond donors (Lipinski definition) is 2. The number of carbonyl (C=O) groups is 1. The lowest BCUT2D eigenvalue weighted by Crippen LogP contribution is -2.30. The summed E-state index contributed by atoms with van der Waals surface area (Å²) < 4.78 is 0. The van der Waals surface area contributed by atoms with Crippen LogP contribution in [-0.4, -0.2) is 28.9 Å². The van der Waals surface area contributed by atoms with E-state index in [9.17, 15) is 4.79 Å². The highest BCUT2D eigenvalue weighted by Crippen LogP contribution is 2.32. The molecule has 1 fully saturated rings. The van der Waals surface area contributed by atoms with Crippen molar-refractivity contribution in [3.63, 3.8) is 0 Å². The molecule has 0 spiro atoms. The molecule has 1 aromatic heterocycles. The van der Waals surface area contributed by atoms with Gasteiger partial charge in [-0.1, -0.05) is 0 Å². The third-order valence-corrected chi connectivity index (χ3v) is 3.13. The Morgan fingerprint density at radius 3 is 2.60 bits per heavy atom. The Labute approximate surface area is 89.5 Å². The zero-order valence-electron chi connectivity index (χ0n) is 9.37. The minimum absolute atomic E-state index is 0.0300. The van der Waals surface area contributed by atoms with E-state index < -0.39 is 0 Å². The van der Waals surface area contributed by atoms with Crippen LogP contribution in [0.2, 0.25) is 0 Å². The predicted octanol–water partition coefficient (Wildman–Crippen LogP) is 0.862. The lowest BCUT2D eigenvalue weighted by Gasteiger charge is -2.22. The van der Waals surface area contributed by atoms with Gasteiger partial charge in [0.15, 0.2) is 0 Å². The van der Waals surface area contributed by atoms with Crippen LogP contribution in [0.1, 0.15) is 29.4 Å². The van der Waals surface area contributed by atoms with Crippen molar-refractivity contribution < 1.29 is 4.79 Å². The van der Waals surface area contributed by atoms with Crippen LogP contribution in [0.5, 0.6) is 0 Å². The first-order valence-corrected chi connectivity index (χ1v) is 5.18. The number of nitrogens with zero attached hydrogens (tertiary/aromatic N) is 1. The van der Waals surface area contributed by atoms with Gasteiger partial charge in [0.1, 0.15) is 0 Å². The minimum atomic E-state index is -0.0867. The number of rotatable bonds is 1. The molecule has 0 aliphatic carbocycles.